The van der Waals surface area contributed by atoms with Crippen molar-refractivity contribution in [3.8, 4) is 0 Å². The van der Waals surface area contributed by atoms with Gasteiger partial charge in [-0.15, -0.1) is 0 Å². The second-order valence-corrected chi connectivity index (χ2v) is 12.3. The average molecular weight is 403 g/mol. The second-order valence-electron chi connectivity index (χ2n) is 12.3. The normalized spacial score (nSPS) is 46.5. The maximum Gasteiger partial charge on any atom is 0.0577 e. The highest BCUT2D eigenvalue weighted by molar-refractivity contribution is 5.25. The minimum Gasteiger partial charge on any atom is -0.393 e. The maximum atomic E-state index is 10.3. The lowest BCUT2D eigenvalue weighted by Gasteiger charge is -2.58. The summed E-state index contributed by atoms with van der Waals surface area (Å²) in [6.45, 7) is 11.9. The van der Waals surface area contributed by atoms with Gasteiger partial charge in [0.15, 0.2) is 0 Å². The van der Waals surface area contributed by atoms with Gasteiger partial charge in [-0.1, -0.05) is 46.3 Å². The largest absolute Gasteiger partial charge is 0.393 e. The first kappa shape index (κ1) is 21.9. The molecule has 3 fully saturated rings. The van der Waals surface area contributed by atoms with Gasteiger partial charge < -0.3 is 10.2 Å². The van der Waals surface area contributed by atoms with E-state index in [0.29, 0.717) is 16.7 Å². The van der Waals surface area contributed by atoms with Gasteiger partial charge in [0, 0.05) is 0 Å². The van der Waals surface area contributed by atoms with Gasteiger partial charge >= 0.3 is 0 Å². The molecule has 0 amide bonds. The number of fused-ring (bicyclic) bond motifs is 5. The highest BCUT2D eigenvalue weighted by Gasteiger charge is 2.59. The van der Waals surface area contributed by atoms with Crippen molar-refractivity contribution < 1.29 is 10.2 Å². The number of hydrogen-bond acceptors (Lipinski definition) is 2. The molecule has 0 aromatic rings. The van der Waals surface area contributed by atoms with Gasteiger partial charge in [0.1, 0.15) is 0 Å². The van der Waals surface area contributed by atoms with Crippen molar-refractivity contribution in [1.29, 1.82) is 0 Å². The fraction of sp³-hybridized carbons (Fsp3) is 0.926. The topological polar surface area (TPSA) is 40.5 Å². The summed E-state index contributed by atoms with van der Waals surface area (Å²) < 4.78 is 0. The molecular formula is C27H46O2. The Kier molecular flexibility index (Phi) is 6.01. The van der Waals surface area contributed by atoms with E-state index in [1.165, 1.54) is 44.9 Å². The van der Waals surface area contributed by atoms with Gasteiger partial charge in [0.05, 0.1) is 12.2 Å². The van der Waals surface area contributed by atoms with Crippen molar-refractivity contribution in [2.24, 2.45) is 46.3 Å². The summed E-state index contributed by atoms with van der Waals surface area (Å²) in [5.74, 6) is 4.51. The third kappa shape index (κ3) is 3.65. The van der Waals surface area contributed by atoms with E-state index in [1.54, 1.807) is 5.57 Å². The van der Waals surface area contributed by atoms with E-state index in [1.807, 2.05) is 0 Å². The summed E-state index contributed by atoms with van der Waals surface area (Å²) in [6.07, 6.45) is 14.4. The summed E-state index contributed by atoms with van der Waals surface area (Å²) in [5.41, 5.74) is 2.44. The molecule has 4 aliphatic rings. The Morgan fingerprint density at radius 1 is 1.00 bits per heavy atom. The lowest BCUT2D eigenvalue weighted by Crippen LogP contribution is -2.50. The van der Waals surface area contributed by atoms with Gasteiger partial charge in [-0.25, -0.2) is 0 Å². The summed E-state index contributed by atoms with van der Waals surface area (Å²) in [4.78, 5) is 0. The molecule has 2 N–H and O–H groups in total. The van der Waals surface area contributed by atoms with Crippen LogP contribution in [0.15, 0.2) is 11.6 Å². The lowest BCUT2D eigenvalue weighted by atomic mass is 9.47. The van der Waals surface area contributed by atoms with Crippen LogP contribution in [0, 0.1) is 46.3 Å². The third-order valence-corrected chi connectivity index (χ3v) is 10.5. The van der Waals surface area contributed by atoms with E-state index in [9.17, 15) is 10.2 Å². The summed E-state index contributed by atoms with van der Waals surface area (Å²) >= 11 is 0. The monoisotopic (exact) mass is 402 g/mol. The number of rotatable bonds is 5. The lowest BCUT2D eigenvalue weighted by molar-refractivity contribution is -0.0579. The van der Waals surface area contributed by atoms with Gasteiger partial charge in [0.25, 0.3) is 0 Å². The molecule has 0 aliphatic heterocycles. The Balaban J connectivity index is 1.49. The minimum atomic E-state index is -0.137. The van der Waals surface area contributed by atoms with E-state index in [4.69, 9.17) is 0 Å². The standard InChI is InChI=1S/C27H46O2/c1-17(2)25(29)11-6-18(3)22-9-10-23-21-8-7-19-16-20(28)12-14-26(19,4)24(21)13-15-27(22,23)5/h7,17-18,20-25,28-29H,6,8-16H2,1-5H3/t18-,20+,21?,22?,23?,24?,25+,26+,27-/m1/s1. The first-order chi connectivity index (χ1) is 13.7. The molecule has 2 nitrogen and oxygen atoms in total. The predicted octanol–water partition coefficient (Wildman–Crippen LogP) is 6.36. The first-order valence-electron chi connectivity index (χ1n) is 12.7. The molecule has 166 valence electrons. The third-order valence-electron chi connectivity index (χ3n) is 10.5. The zero-order valence-electron chi connectivity index (χ0n) is 19.7. The van der Waals surface area contributed by atoms with Crippen LogP contribution in [0.3, 0.4) is 0 Å². The van der Waals surface area contributed by atoms with Crippen molar-refractivity contribution in [3.63, 3.8) is 0 Å². The van der Waals surface area contributed by atoms with Crippen LogP contribution in [0.4, 0.5) is 0 Å². The molecule has 4 aliphatic carbocycles. The van der Waals surface area contributed by atoms with Crippen molar-refractivity contribution >= 4 is 0 Å². The van der Waals surface area contributed by atoms with E-state index in [-0.39, 0.29) is 12.2 Å². The Labute approximate surface area is 179 Å². The van der Waals surface area contributed by atoms with Gasteiger partial charge in [0.2, 0.25) is 0 Å². The molecular weight excluding hydrogens is 356 g/mol. The molecule has 0 heterocycles. The Bertz CT molecular complexity index is 624. The minimum absolute atomic E-state index is 0.0994. The number of aliphatic hydroxyl groups excluding tert-OH is 2. The number of aliphatic hydroxyl groups is 2. The first-order valence-corrected chi connectivity index (χ1v) is 12.7. The molecule has 0 aromatic heterocycles. The van der Waals surface area contributed by atoms with Crippen molar-refractivity contribution in [2.75, 3.05) is 0 Å². The summed E-state index contributed by atoms with van der Waals surface area (Å²) in [5, 5.41) is 20.5. The molecule has 4 rings (SSSR count). The van der Waals surface area contributed by atoms with Crippen LogP contribution >= 0.6 is 0 Å². The molecule has 0 bridgehead atoms. The molecule has 0 radical (unpaired) electrons. The maximum absolute atomic E-state index is 10.3. The number of allylic oxidation sites excluding steroid dienone is 1. The predicted molar refractivity (Wildman–Crippen MR) is 120 cm³/mol. The molecule has 3 saturated carbocycles. The van der Waals surface area contributed by atoms with E-state index < -0.39 is 0 Å². The highest BCUT2D eigenvalue weighted by Crippen LogP contribution is 2.67. The Hall–Kier alpha value is -0.340. The van der Waals surface area contributed by atoms with E-state index in [0.717, 1.165) is 48.9 Å². The van der Waals surface area contributed by atoms with Crippen LogP contribution in [-0.4, -0.2) is 22.4 Å². The molecule has 0 aromatic carbocycles. The fourth-order valence-corrected chi connectivity index (χ4v) is 8.59. The zero-order valence-corrected chi connectivity index (χ0v) is 19.7. The van der Waals surface area contributed by atoms with Gasteiger partial charge in [-0.3, -0.25) is 0 Å². The van der Waals surface area contributed by atoms with Crippen molar-refractivity contribution in [2.45, 2.75) is 111 Å². The fourth-order valence-electron chi connectivity index (χ4n) is 8.59. The quantitative estimate of drug-likeness (QED) is 0.525. The molecule has 2 heteroatoms. The highest BCUT2D eigenvalue weighted by atomic mass is 16.3. The van der Waals surface area contributed by atoms with Crippen molar-refractivity contribution in [3.05, 3.63) is 11.6 Å². The zero-order chi connectivity index (χ0) is 21.0. The summed E-state index contributed by atoms with van der Waals surface area (Å²) in [6, 6.07) is 0. The second kappa shape index (κ2) is 7.97. The van der Waals surface area contributed by atoms with Crippen LogP contribution in [-0.2, 0) is 0 Å². The SMILES string of the molecule is CC(C)[C@@H](O)CC[C@@H](C)C1CCC2C3CC=C4C[C@@H](O)CC[C@]4(C)C3CC[C@@]21C. The van der Waals surface area contributed by atoms with Crippen LogP contribution in [0.1, 0.15) is 98.8 Å². The molecule has 9 atom stereocenters. The van der Waals surface area contributed by atoms with Gasteiger partial charge in [-0.05, 0) is 111 Å². The molecule has 0 spiro atoms. The van der Waals surface area contributed by atoms with Crippen LogP contribution in [0.25, 0.3) is 0 Å². The molecule has 4 unspecified atom stereocenters. The number of hydrogen-bond donors (Lipinski definition) is 2. The van der Waals surface area contributed by atoms with Gasteiger partial charge in [-0.2, -0.15) is 0 Å². The van der Waals surface area contributed by atoms with Crippen molar-refractivity contribution in [1.82, 2.24) is 0 Å². The Morgan fingerprint density at radius 2 is 1.76 bits per heavy atom. The Morgan fingerprint density at radius 3 is 2.48 bits per heavy atom. The van der Waals surface area contributed by atoms with E-state index >= 15 is 0 Å². The molecule has 0 saturated heterocycles. The molecule has 29 heavy (non-hydrogen) atoms. The summed E-state index contributed by atoms with van der Waals surface area (Å²) in [7, 11) is 0. The smallest absolute Gasteiger partial charge is 0.0577 e. The van der Waals surface area contributed by atoms with Crippen LogP contribution in [0.5, 0.6) is 0 Å². The average Bonchev–Trinajstić information content (AvgIpc) is 3.03. The van der Waals surface area contributed by atoms with E-state index in [2.05, 4.69) is 40.7 Å². The van der Waals surface area contributed by atoms with Crippen LogP contribution < -0.4 is 0 Å². The van der Waals surface area contributed by atoms with Crippen LogP contribution in [0.2, 0.25) is 0 Å².